The minimum absolute atomic E-state index is 0.272. The third-order valence-corrected chi connectivity index (χ3v) is 4.21. The Hall–Kier alpha value is -2.81. The van der Waals surface area contributed by atoms with E-state index in [1.807, 2.05) is 56.3 Å². The highest BCUT2D eigenvalue weighted by Crippen LogP contribution is 2.23. The third kappa shape index (κ3) is 3.40. The van der Waals surface area contributed by atoms with Crippen LogP contribution in [0.15, 0.2) is 54.6 Å². The molecule has 0 saturated carbocycles. The van der Waals surface area contributed by atoms with Gasteiger partial charge in [0.2, 0.25) is 0 Å². The van der Waals surface area contributed by atoms with Crippen LogP contribution < -0.4 is 5.32 Å². The number of ether oxygens (including phenoxy) is 1. The van der Waals surface area contributed by atoms with Crippen LogP contribution in [-0.2, 0) is 11.3 Å². The quantitative estimate of drug-likeness (QED) is 0.691. The molecule has 3 aromatic rings. The molecule has 0 bridgehead atoms. The maximum absolute atomic E-state index is 12.2. The fraction of sp³-hybridized carbons (Fsp3) is 0.190. The average Bonchev–Trinajstić information content (AvgIpc) is 2.54. The summed E-state index contributed by atoms with van der Waals surface area (Å²) < 4.78 is 5.43. The number of hydrogen-bond acceptors (Lipinski definition) is 2. The first-order valence-corrected chi connectivity index (χ1v) is 8.03. The normalized spacial score (nSPS) is 10.6. The zero-order valence-corrected chi connectivity index (χ0v) is 14.2. The molecule has 3 nitrogen and oxygen atoms in total. The van der Waals surface area contributed by atoms with E-state index in [1.54, 1.807) is 0 Å². The molecule has 0 aliphatic heterocycles. The fourth-order valence-corrected chi connectivity index (χ4v) is 3.06. The number of anilines is 1. The van der Waals surface area contributed by atoms with Gasteiger partial charge in [0.25, 0.3) is 0 Å². The summed E-state index contributed by atoms with van der Waals surface area (Å²) in [5.74, 6) is 0. The van der Waals surface area contributed by atoms with Crippen molar-refractivity contribution in [2.24, 2.45) is 0 Å². The Kier molecular flexibility index (Phi) is 4.52. The monoisotopic (exact) mass is 319 g/mol. The van der Waals surface area contributed by atoms with Crippen molar-refractivity contribution in [2.75, 3.05) is 5.32 Å². The van der Waals surface area contributed by atoms with Gasteiger partial charge in [-0.3, -0.25) is 5.32 Å². The van der Waals surface area contributed by atoms with Crippen LogP contribution in [0.1, 0.15) is 22.3 Å². The van der Waals surface area contributed by atoms with E-state index in [4.69, 9.17) is 4.74 Å². The van der Waals surface area contributed by atoms with Crippen LogP contribution in [0.2, 0.25) is 0 Å². The Labute approximate surface area is 142 Å². The molecule has 0 radical (unpaired) electrons. The Morgan fingerprint density at radius 1 is 0.958 bits per heavy atom. The molecular formula is C21H21NO2. The molecule has 3 heteroatoms. The van der Waals surface area contributed by atoms with Crippen molar-refractivity contribution in [3.63, 3.8) is 0 Å². The summed E-state index contributed by atoms with van der Waals surface area (Å²) in [4.78, 5) is 12.2. The van der Waals surface area contributed by atoms with E-state index in [1.165, 1.54) is 5.56 Å². The van der Waals surface area contributed by atoms with Gasteiger partial charge < -0.3 is 4.74 Å². The highest BCUT2D eigenvalue weighted by molar-refractivity contribution is 6.00. The molecule has 0 aliphatic carbocycles. The second-order valence-electron chi connectivity index (χ2n) is 6.11. The molecule has 24 heavy (non-hydrogen) atoms. The Morgan fingerprint density at radius 3 is 2.38 bits per heavy atom. The van der Waals surface area contributed by atoms with Crippen LogP contribution >= 0.6 is 0 Å². The van der Waals surface area contributed by atoms with Crippen molar-refractivity contribution in [1.82, 2.24) is 0 Å². The maximum Gasteiger partial charge on any atom is 0.411 e. The van der Waals surface area contributed by atoms with Crippen molar-refractivity contribution < 1.29 is 9.53 Å². The number of benzene rings is 3. The minimum Gasteiger partial charge on any atom is -0.444 e. The Bertz CT molecular complexity index is 871. The summed E-state index contributed by atoms with van der Waals surface area (Å²) in [6, 6.07) is 18.0. The van der Waals surface area contributed by atoms with Gasteiger partial charge in [0, 0.05) is 5.39 Å². The molecule has 122 valence electrons. The van der Waals surface area contributed by atoms with Gasteiger partial charge in [-0.05, 0) is 48.9 Å². The predicted octanol–water partition coefficient (Wildman–Crippen LogP) is 5.51. The number of aryl methyl sites for hydroxylation is 3. The second kappa shape index (κ2) is 6.75. The number of fused-ring (bicyclic) bond motifs is 1. The molecule has 3 aromatic carbocycles. The second-order valence-corrected chi connectivity index (χ2v) is 6.11. The van der Waals surface area contributed by atoms with Crippen molar-refractivity contribution in [3.8, 4) is 0 Å². The summed E-state index contributed by atoms with van der Waals surface area (Å²) in [6.45, 7) is 6.43. The first-order valence-electron chi connectivity index (χ1n) is 8.03. The van der Waals surface area contributed by atoms with E-state index in [0.717, 1.165) is 33.2 Å². The molecule has 1 N–H and O–H groups in total. The van der Waals surface area contributed by atoms with Crippen LogP contribution in [0, 0.1) is 20.8 Å². The molecule has 0 heterocycles. The molecule has 3 rings (SSSR count). The summed E-state index contributed by atoms with van der Waals surface area (Å²) in [5, 5.41) is 4.93. The summed E-state index contributed by atoms with van der Waals surface area (Å²) >= 11 is 0. The highest BCUT2D eigenvalue weighted by Gasteiger charge is 2.09. The smallest absolute Gasteiger partial charge is 0.411 e. The summed E-state index contributed by atoms with van der Waals surface area (Å²) in [5.41, 5.74) is 5.33. The summed E-state index contributed by atoms with van der Waals surface area (Å²) in [7, 11) is 0. The number of hydrogen-bond donors (Lipinski definition) is 1. The molecular weight excluding hydrogens is 298 g/mol. The van der Waals surface area contributed by atoms with Crippen molar-refractivity contribution in [1.29, 1.82) is 0 Å². The number of carbonyl (C=O) groups is 1. The first kappa shape index (κ1) is 16.1. The number of amides is 1. The van der Waals surface area contributed by atoms with Gasteiger partial charge in [0.15, 0.2) is 0 Å². The van der Waals surface area contributed by atoms with Crippen LogP contribution in [0.25, 0.3) is 10.8 Å². The van der Waals surface area contributed by atoms with Gasteiger partial charge in [-0.15, -0.1) is 0 Å². The zero-order chi connectivity index (χ0) is 17.1. The van der Waals surface area contributed by atoms with E-state index in [9.17, 15) is 4.79 Å². The average molecular weight is 319 g/mol. The molecule has 0 spiro atoms. The van der Waals surface area contributed by atoms with Gasteiger partial charge in [-0.2, -0.15) is 0 Å². The molecule has 0 aromatic heterocycles. The lowest BCUT2D eigenvalue weighted by atomic mass is 10.0. The largest absolute Gasteiger partial charge is 0.444 e. The lowest BCUT2D eigenvalue weighted by Gasteiger charge is -2.13. The van der Waals surface area contributed by atoms with Gasteiger partial charge in [0.1, 0.15) is 6.61 Å². The summed E-state index contributed by atoms with van der Waals surface area (Å²) in [6.07, 6.45) is -0.439. The molecule has 0 unspecified atom stereocenters. The van der Waals surface area contributed by atoms with Gasteiger partial charge in [-0.25, -0.2) is 4.79 Å². The van der Waals surface area contributed by atoms with Crippen LogP contribution in [0.5, 0.6) is 0 Å². The SMILES string of the molecule is Cc1cc(C)c(COC(=O)Nc2cccc3ccccc23)c(C)c1. The predicted molar refractivity (Wildman–Crippen MR) is 98.4 cm³/mol. The van der Waals surface area contributed by atoms with E-state index in [2.05, 4.69) is 24.4 Å². The molecule has 0 saturated heterocycles. The molecule has 0 atom stereocenters. The van der Waals surface area contributed by atoms with Crippen molar-refractivity contribution in [3.05, 3.63) is 76.9 Å². The van der Waals surface area contributed by atoms with E-state index in [0.29, 0.717) is 0 Å². The highest BCUT2D eigenvalue weighted by atomic mass is 16.5. The van der Waals surface area contributed by atoms with E-state index >= 15 is 0 Å². The fourth-order valence-electron chi connectivity index (χ4n) is 3.06. The standard InChI is InChI=1S/C21H21NO2/c1-14-11-15(2)19(16(3)12-14)13-24-21(23)22-20-10-6-8-17-7-4-5-9-18(17)20/h4-12H,13H2,1-3H3,(H,22,23). The molecule has 0 aliphatic rings. The maximum atomic E-state index is 12.2. The van der Waals surface area contributed by atoms with Gasteiger partial charge in [0.05, 0.1) is 5.69 Å². The van der Waals surface area contributed by atoms with Crippen molar-refractivity contribution >= 4 is 22.6 Å². The third-order valence-electron chi connectivity index (χ3n) is 4.21. The number of nitrogens with one attached hydrogen (secondary N) is 1. The minimum atomic E-state index is -0.439. The topological polar surface area (TPSA) is 38.3 Å². The van der Waals surface area contributed by atoms with Crippen LogP contribution in [-0.4, -0.2) is 6.09 Å². The Morgan fingerprint density at radius 2 is 1.62 bits per heavy atom. The van der Waals surface area contributed by atoms with Gasteiger partial charge >= 0.3 is 6.09 Å². The number of carbonyl (C=O) groups excluding carboxylic acids is 1. The van der Waals surface area contributed by atoms with Crippen LogP contribution in [0.4, 0.5) is 10.5 Å². The van der Waals surface area contributed by atoms with Crippen LogP contribution in [0.3, 0.4) is 0 Å². The van der Waals surface area contributed by atoms with Gasteiger partial charge in [-0.1, -0.05) is 54.1 Å². The lowest BCUT2D eigenvalue weighted by molar-refractivity contribution is 0.154. The number of rotatable bonds is 3. The zero-order valence-electron chi connectivity index (χ0n) is 14.2. The molecule has 1 amide bonds. The molecule has 0 fully saturated rings. The lowest BCUT2D eigenvalue weighted by Crippen LogP contribution is -2.14. The Balaban J connectivity index is 1.72. The van der Waals surface area contributed by atoms with Crippen molar-refractivity contribution in [2.45, 2.75) is 27.4 Å². The first-order chi connectivity index (χ1) is 11.5. The van der Waals surface area contributed by atoms with E-state index in [-0.39, 0.29) is 6.61 Å². The van der Waals surface area contributed by atoms with E-state index < -0.39 is 6.09 Å².